The predicted octanol–water partition coefficient (Wildman–Crippen LogP) is 5.52. The third-order valence-electron chi connectivity index (χ3n) is 3.50. The summed E-state index contributed by atoms with van der Waals surface area (Å²) in [6.45, 7) is 3.63. The maximum atomic E-state index is 12.5. The number of hydrogen-bond donors (Lipinski definition) is 0. The van der Waals surface area contributed by atoms with Gasteiger partial charge in [-0.1, -0.05) is 55.1 Å². The van der Waals surface area contributed by atoms with Crippen molar-refractivity contribution in [3.8, 4) is 0 Å². The summed E-state index contributed by atoms with van der Waals surface area (Å²) in [5.41, 5.74) is 2.00. The molecule has 21 heavy (non-hydrogen) atoms. The monoisotopic (exact) mass is 290 g/mol. The lowest BCUT2D eigenvalue weighted by molar-refractivity contribution is 0.120. The van der Waals surface area contributed by atoms with Crippen LogP contribution in [-0.4, -0.2) is 6.43 Å². The van der Waals surface area contributed by atoms with Crippen LogP contribution in [0.15, 0.2) is 61.2 Å². The highest BCUT2D eigenvalue weighted by Gasteiger charge is 2.44. The molecule has 110 valence electrons. The topological polar surface area (TPSA) is 0 Å². The Labute approximate surface area is 122 Å². The molecule has 2 aromatic rings. The zero-order valence-electron chi connectivity index (χ0n) is 11.6. The molecule has 1 aliphatic carbocycles. The fourth-order valence-corrected chi connectivity index (χ4v) is 2.18. The first kappa shape index (κ1) is 15.4. The van der Waals surface area contributed by atoms with Gasteiger partial charge in [-0.25, -0.2) is 13.2 Å². The lowest BCUT2D eigenvalue weighted by Gasteiger charge is -1.99. The van der Waals surface area contributed by atoms with E-state index in [0.717, 1.165) is 5.56 Å². The third-order valence-corrected chi connectivity index (χ3v) is 3.50. The van der Waals surface area contributed by atoms with Crippen molar-refractivity contribution in [2.75, 3.05) is 0 Å². The van der Waals surface area contributed by atoms with E-state index in [0.29, 0.717) is 6.42 Å². The summed E-state index contributed by atoms with van der Waals surface area (Å²) in [6, 6.07) is 15.8. The van der Waals surface area contributed by atoms with Crippen LogP contribution in [-0.2, 0) is 0 Å². The van der Waals surface area contributed by atoms with Gasteiger partial charge in [0.15, 0.2) is 0 Å². The minimum Gasteiger partial charge on any atom is -0.210 e. The van der Waals surface area contributed by atoms with Crippen LogP contribution in [0.3, 0.4) is 0 Å². The Balaban J connectivity index is 0.000000173. The van der Waals surface area contributed by atoms with Gasteiger partial charge in [0.1, 0.15) is 5.82 Å². The highest BCUT2D eigenvalue weighted by Crippen LogP contribution is 2.50. The first-order valence-electron chi connectivity index (χ1n) is 6.83. The molecular formula is C18H17F3. The summed E-state index contributed by atoms with van der Waals surface area (Å²) in [7, 11) is 0. The van der Waals surface area contributed by atoms with Crippen molar-refractivity contribution < 1.29 is 13.2 Å². The van der Waals surface area contributed by atoms with Gasteiger partial charge in [-0.15, -0.1) is 0 Å². The standard InChI is InChI=1S/C10H9F3.C8H8/c11-7-3-1-6(2-4-7)8-5-9(8)10(12)13;1-2-8-6-4-3-5-7-8/h1-4,8-10H,5H2;2-7H,1H2. The maximum Gasteiger partial charge on any atom is 0.242 e. The molecule has 1 saturated carbocycles. The van der Waals surface area contributed by atoms with Gasteiger partial charge in [0.05, 0.1) is 0 Å². The Bertz CT molecular complexity index is 561. The van der Waals surface area contributed by atoms with Crippen molar-refractivity contribution in [1.29, 1.82) is 0 Å². The first-order chi connectivity index (χ1) is 10.1. The molecule has 1 aliphatic rings. The molecule has 0 radical (unpaired) electrons. The van der Waals surface area contributed by atoms with Gasteiger partial charge in [-0.3, -0.25) is 0 Å². The summed E-state index contributed by atoms with van der Waals surface area (Å²) >= 11 is 0. The zero-order valence-corrected chi connectivity index (χ0v) is 11.6. The summed E-state index contributed by atoms with van der Waals surface area (Å²) in [4.78, 5) is 0. The Kier molecular flexibility index (Phi) is 5.20. The molecular weight excluding hydrogens is 273 g/mol. The number of rotatable bonds is 3. The summed E-state index contributed by atoms with van der Waals surface area (Å²) in [5.74, 6) is -0.885. The van der Waals surface area contributed by atoms with Gasteiger partial charge in [0.2, 0.25) is 6.43 Å². The minimum absolute atomic E-state index is 0.0550. The molecule has 0 aromatic heterocycles. The predicted molar refractivity (Wildman–Crippen MR) is 79.8 cm³/mol. The van der Waals surface area contributed by atoms with E-state index < -0.39 is 12.3 Å². The Morgan fingerprint density at radius 1 is 1.00 bits per heavy atom. The van der Waals surface area contributed by atoms with E-state index in [1.54, 1.807) is 12.1 Å². The summed E-state index contributed by atoms with van der Waals surface area (Å²) in [5, 5.41) is 0. The second kappa shape index (κ2) is 7.11. The molecule has 3 heteroatoms. The van der Waals surface area contributed by atoms with Crippen LogP contribution in [0.4, 0.5) is 13.2 Å². The Hall–Kier alpha value is -2.03. The number of hydrogen-bond acceptors (Lipinski definition) is 0. The fourth-order valence-electron chi connectivity index (χ4n) is 2.18. The number of benzene rings is 2. The van der Waals surface area contributed by atoms with E-state index in [4.69, 9.17) is 0 Å². The average Bonchev–Trinajstić information content (AvgIpc) is 3.30. The zero-order chi connectivity index (χ0) is 15.2. The highest BCUT2D eigenvalue weighted by atomic mass is 19.3. The molecule has 0 spiro atoms. The van der Waals surface area contributed by atoms with E-state index in [1.807, 2.05) is 36.4 Å². The van der Waals surface area contributed by atoms with Gasteiger partial charge in [-0.2, -0.15) is 0 Å². The SMILES string of the molecule is C=Cc1ccccc1.Fc1ccc(C2CC2C(F)F)cc1. The van der Waals surface area contributed by atoms with Crippen LogP contribution in [0, 0.1) is 11.7 Å². The van der Waals surface area contributed by atoms with Crippen molar-refractivity contribution in [1.82, 2.24) is 0 Å². The van der Waals surface area contributed by atoms with Gasteiger partial charge >= 0.3 is 0 Å². The molecule has 2 aromatic carbocycles. The van der Waals surface area contributed by atoms with Gasteiger partial charge < -0.3 is 0 Å². The largest absolute Gasteiger partial charge is 0.242 e. The van der Waals surface area contributed by atoms with Crippen molar-refractivity contribution in [3.05, 3.63) is 78.1 Å². The molecule has 0 saturated heterocycles. The minimum atomic E-state index is -2.24. The van der Waals surface area contributed by atoms with E-state index in [-0.39, 0.29) is 11.7 Å². The van der Waals surface area contributed by atoms with Crippen LogP contribution in [0.2, 0.25) is 0 Å². The second-order valence-corrected chi connectivity index (χ2v) is 5.01. The maximum absolute atomic E-state index is 12.5. The van der Waals surface area contributed by atoms with E-state index >= 15 is 0 Å². The quantitative estimate of drug-likeness (QED) is 0.697. The Morgan fingerprint density at radius 3 is 2.05 bits per heavy atom. The highest BCUT2D eigenvalue weighted by molar-refractivity contribution is 5.45. The van der Waals surface area contributed by atoms with Crippen LogP contribution >= 0.6 is 0 Å². The van der Waals surface area contributed by atoms with Crippen LogP contribution < -0.4 is 0 Å². The van der Waals surface area contributed by atoms with E-state index in [2.05, 4.69) is 6.58 Å². The average molecular weight is 290 g/mol. The smallest absolute Gasteiger partial charge is 0.210 e. The second-order valence-electron chi connectivity index (χ2n) is 5.01. The molecule has 3 rings (SSSR count). The lowest BCUT2D eigenvalue weighted by atomic mass is 10.1. The molecule has 1 fully saturated rings. The van der Waals surface area contributed by atoms with Crippen molar-refractivity contribution in [2.45, 2.75) is 18.8 Å². The molecule has 2 atom stereocenters. The van der Waals surface area contributed by atoms with E-state index in [9.17, 15) is 13.2 Å². The van der Waals surface area contributed by atoms with Crippen LogP contribution in [0.5, 0.6) is 0 Å². The van der Waals surface area contributed by atoms with Gasteiger partial charge in [0, 0.05) is 5.92 Å². The van der Waals surface area contributed by atoms with Crippen molar-refractivity contribution >= 4 is 6.08 Å². The molecule has 2 unspecified atom stereocenters. The summed E-state index contributed by atoms with van der Waals surface area (Å²) in [6.07, 6.45) is 0.124. The fraction of sp³-hybridized carbons (Fsp3) is 0.222. The first-order valence-corrected chi connectivity index (χ1v) is 6.83. The number of halogens is 3. The van der Waals surface area contributed by atoms with E-state index in [1.165, 1.54) is 17.7 Å². The number of alkyl halides is 2. The Morgan fingerprint density at radius 2 is 1.62 bits per heavy atom. The molecule has 0 heterocycles. The molecule has 0 amide bonds. The molecule has 0 nitrogen and oxygen atoms in total. The lowest BCUT2D eigenvalue weighted by Crippen LogP contribution is -1.95. The molecule has 0 N–H and O–H groups in total. The normalized spacial score (nSPS) is 19.6. The van der Waals surface area contributed by atoms with Crippen LogP contribution in [0.25, 0.3) is 6.08 Å². The van der Waals surface area contributed by atoms with Crippen molar-refractivity contribution in [2.24, 2.45) is 5.92 Å². The van der Waals surface area contributed by atoms with Crippen LogP contribution in [0.1, 0.15) is 23.5 Å². The van der Waals surface area contributed by atoms with Gasteiger partial charge in [-0.05, 0) is 35.6 Å². The van der Waals surface area contributed by atoms with Crippen molar-refractivity contribution in [3.63, 3.8) is 0 Å². The molecule has 0 aliphatic heterocycles. The summed E-state index contributed by atoms with van der Waals surface area (Å²) < 4.78 is 36.8. The molecule has 0 bridgehead atoms. The third kappa shape index (κ3) is 4.48. The van der Waals surface area contributed by atoms with Gasteiger partial charge in [0.25, 0.3) is 0 Å².